The summed E-state index contributed by atoms with van der Waals surface area (Å²) in [6.45, 7) is 0. The smallest absolute Gasteiger partial charge is 0.255 e. The molecule has 0 atom stereocenters. The molecule has 0 N–H and O–H groups in total. The average molecular weight is 172 g/mol. The van der Waals surface area contributed by atoms with Crippen molar-refractivity contribution in [3.8, 4) is 0 Å². The highest BCUT2D eigenvalue weighted by molar-refractivity contribution is 5.77. The normalized spacial score (nSPS) is 16.0. The molecule has 3 nitrogen and oxygen atoms in total. The summed E-state index contributed by atoms with van der Waals surface area (Å²) in [7, 11) is 0. The molecule has 1 aliphatic rings. The lowest BCUT2D eigenvalue weighted by molar-refractivity contribution is 1.04. The van der Waals surface area contributed by atoms with Crippen molar-refractivity contribution in [2.75, 3.05) is 0 Å². The predicted octanol–water partition coefficient (Wildman–Crippen LogP) is 1.37. The summed E-state index contributed by atoms with van der Waals surface area (Å²) in [5.74, 6) is 0. The van der Waals surface area contributed by atoms with Gasteiger partial charge >= 0.3 is 0 Å². The number of aromatic nitrogens is 1. The fraction of sp³-hybridized carbons (Fsp3) is 0. The average Bonchev–Trinajstić information content (AvgIpc) is 2.07. The second kappa shape index (κ2) is 3.23. The topological polar surface area (TPSA) is 34.4 Å². The van der Waals surface area contributed by atoms with Crippen molar-refractivity contribution in [3.63, 3.8) is 0 Å². The maximum absolute atomic E-state index is 11.4. The third-order valence-corrected chi connectivity index (χ3v) is 1.76. The van der Waals surface area contributed by atoms with E-state index in [0.29, 0.717) is 0 Å². The fourth-order valence-electron chi connectivity index (χ4n) is 1.16. The molecule has 0 saturated carbocycles. The van der Waals surface area contributed by atoms with E-state index in [4.69, 9.17) is 0 Å². The number of hydrogen-bond donors (Lipinski definition) is 0. The highest BCUT2D eigenvalue weighted by Crippen LogP contribution is 2.01. The molecule has 2 rings (SSSR count). The summed E-state index contributed by atoms with van der Waals surface area (Å²) in [6, 6.07) is 5.13. The molecule has 2 heterocycles. The van der Waals surface area contributed by atoms with Crippen LogP contribution in [0.1, 0.15) is 5.69 Å². The Morgan fingerprint density at radius 1 is 1.31 bits per heavy atom. The van der Waals surface area contributed by atoms with Crippen molar-refractivity contribution in [2.45, 2.75) is 0 Å². The Bertz CT molecular complexity index is 452. The zero-order valence-electron chi connectivity index (χ0n) is 6.92. The highest BCUT2D eigenvalue weighted by Gasteiger charge is 1.96. The molecule has 0 radical (unpaired) electrons. The molecule has 0 aliphatic carbocycles. The van der Waals surface area contributed by atoms with Crippen molar-refractivity contribution in [1.29, 1.82) is 0 Å². The first-order valence-electron chi connectivity index (χ1n) is 3.96. The zero-order chi connectivity index (χ0) is 9.10. The lowest BCUT2D eigenvalue weighted by atomic mass is 10.3. The van der Waals surface area contributed by atoms with Crippen LogP contribution >= 0.6 is 0 Å². The largest absolute Gasteiger partial charge is 0.284 e. The van der Waals surface area contributed by atoms with E-state index in [2.05, 4.69) is 4.99 Å². The lowest BCUT2D eigenvalue weighted by Gasteiger charge is -2.03. The molecule has 3 heteroatoms. The van der Waals surface area contributed by atoms with E-state index in [1.165, 1.54) is 6.07 Å². The van der Waals surface area contributed by atoms with Gasteiger partial charge in [-0.25, -0.2) is 0 Å². The van der Waals surface area contributed by atoms with Gasteiger partial charge in [-0.15, -0.1) is 0 Å². The van der Waals surface area contributed by atoms with Crippen molar-refractivity contribution in [2.24, 2.45) is 4.99 Å². The molecule has 0 fully saturated rings. The van der Waals surface area contributed by atoms with Crippen LogP contribution in [0.2, 0.25) is 0 Å². The number of fused-ring (bicyclic) bond motifs is 1. The summed E-state index contributed by atoms with van der Waals surface area (Å²) in [6.07, 6.45) is 8.52. The fourth-order valence-corrected chi connectivity index (χ4v) is 1.16. The van der Waals surface area contributed by atoms with Gasteiger partial charge in [0.05, 0.1) is 5.69 Å². The first-order valence-corrected chi connectivity index (χ1v) is 3.96. The Morgan fingerprint density at radius 2 is 2.23 bits per heavy atom. The molecule has 1 aliphatic heterocycles. The minimum Gasteiger partial charge on any atom is -0.284 e. The second-order valence-electron chi connectivity index (χ2n) is 2.61. The van der Waals surface area contributed by atoms with Gasteiger partial charge in [-0.3, -0.25) is 14.4 Å². The van der Waals surface area contributed by atoms with Gasteiger partial charge in [-0.2, -0.15) is 0 Å². The third kappa shape index (κ3) is 1.49. The number of hydrogen-bond acceptors (Lipinski definition) is 2. The predicted molar refractivity (Wildman–Crippen MR) is 53.6 cm³/mol. The van der Waals surface area contributed by atoms with Crippen LogP contribution in [-0.2, 0) is 0 Å². The Hall–Kier alpha value is -1.90. The number of pyridine rings is 1. The van der Waals surface area contributed by atoms with Gasteiger partial charge < -0.3 is 0 Å². The molecule has 0 aromatic carbocycles. The van der Waals surface area contributed by atoms with Crippen molar-refractivity contribution in [3.05, 3.63) is 46.5 Å². The van der Waals surface area contributed by atoms with Crippen LogP contribution in [0.3, 0.4) is 0 Å². The van der Waals surface area contributed by atoms with E-state index in [-0.39, 0.29) is 5.56 Å². The maximum Gasteiger partial charge on any atom is 0.255 e. The van der Waals surface area contributed by atoms with Crippen molar-refractivity contribution in [1.82, 2.24) is 4.57 Å². The van der Waals surface area contributed by atoms with Gasteiger partial charge in [-0.1, -0.05) is 6.07 Å². The molecule has 0 unspecified atom stereocenters. The number of rotatable bonds is 0. The Balaban J connectivity index is 2.69. The van der Waals surface area contributed by atoms with E-state index in [0.717, 1.165) is 5.69 Å². The van der Waals surface area contributed by atoms with Crippen LogP contribution in [0.25, 0.3) is 12.3 Å². The molecule has 0 saturated heterocycles. The van der Waals surface area contributed by atoms with Crippen LogP contribution in [-0.4, -0.2) is 10.8 Å². The van der Waals surface area contributed by atoms with E-state index in [1.54, 1.807) is 41.4 Å². The van der Waals surface area contributed by atoms with E-state index in [9.17, 15) is 4.79 Å². The lowest BCUT2D eigenvalue weighted by Crippen LogP contribution is -2.15. The van der Waals surface area contributed by atoms with Gasteiger partial charge in [0.1, 0.15) is 0 Å². The number of nitrogens with zero attached hydrogens (tertiary/aromatic N) is 2. The molecular weight excluding hydrogens is 164 g/mol. The van der Waals surface area contributed by atoms with E-state index in [1.807, 2.05) is 6.07 Å². The monoisotopic (exact) mass is 172 g/mol. The highest BCUT2D eigenvalue weighted by atomic mass is 16.1. The maximum atomic E-state index is 11.4. The molecule has 13 heavy (non-hydrogen) atoms. The van der Waals surface area contributed by atoms with Gasteiger partial charge in [0.25, 0.3) is 5.56 Å². The van der Waals surface area contributed by atoms with Crippen molar-refractivity contribution < 1.29 is 0 Å². The first kappa shape index (κ1) is 7.73. The summed E-state index contributed by atoms with van der Waals surface area (Å²) < 4.78 is 1.57. The summed E-state index contributed by atoms with van der Waals surface area (Å²) in [4.78, 5) is 15.3. The van der Waals surface area contributed by atoms with Crippen molar-refractivity contribution >= 4 is 18.5 Å². The molecule has 0 amide bonds. The SMILES string of the molecule is O=c1cccc2n1/C=C\C=NC=C2. The van der Waals surface area contributed by atoms with Crippen LogP contribution < -0.4 is 5.56 Å². The molecule has 0 spiro atoms. The van der Waals surface area contributed by atoms with Gasteiger partial charge in [-0.05, 0) is 18.2 Å². The zero-order valence-corrected chi connectivity index (χ0v) is 6.92. The standard InChI is InChI=1S/C10H8N2O/c13-10-4-1-3-9-5-7-11-6-2-8-12(9)10/h1-8H/b7-5?,8-2-,11-6?. The summed E-state index contributed by atoms with van der Waals surface area (Å²) in [5, 5.41) is 0. The Labute approximate surface area is 75.4 Å². The first-order chi connectivity index (χ1) is 6.38. The van der Waals surface area contributed by atoms with E-state index < -0.39 is 0 Å². The van der Waals surface area contributed by atoms with Gasteiger partial charge in [0, 0.05) is 24.7 Å². The minimum atomic E-state index is -0.0336. The molecule has 1 aromatic rings. The Morgan fingerprint density at radius 3 is 3.15 bits per heavy atom. The van der Waals surface area contributed by atoms with Crippen LogP contribution in [0.5, 0.6) is 0 Å². The minimum absolute atomic E-state index is 0.0336. The number of aliphatic imine (C=N–C) groups is 1. The van der Waals surface area contributed by atoms with Gasteiger partial charge in [0.2, 0.25) is 0 Å². The molecule has 64 valence electrons. The summed E-state index contributed by atoms with van der Waals surface area (Å²) in [5.41, 5.74) is 0.800. The van der Waals surface area contributed by atoms with Crippen LogP contribution in [0.15, 0.2) is 40.3 Å². The van der Waals surface area contributed by atoms with Crippen LogP contribution in [0, 0.1) is 0 Å². The molecule has 1 aromatic heterocycles. The van der Waals surface area contributed by atoms with Gasteiger partial charge in [0.15, 0.2) is 0 Å². The Kier molecular flexibility index (Phi) is 1.92. The van der Waals surface area contributed by atoms with Crippen LogP contribution in [0.4, 0.5) is 0 Å². The summed E-state index contributed by atoms with van der Waals surface area (Å²) >= 11 is 0. The molecule has 0 bridgehead atoms. The third-order valence-electron chi connectivity index (χ3n) is 1.76. The van der Waals surface area contributed by atoms with E-state index >= 15 is 0 Å². The number of allylic oxidation sites excluding steroid dienone is 1. The second-order valence-corrected chi connectivity index (χ2v) is 2.61. The molecular formula is C10H8N2O. The quantitative estimate of drug-likeness (QED) is 0.582.